The number of hydrogen-bond donors (Lipinski definition) is 2. The van der Waals surface area contributed by atoms with Crippen LogP contribution >= 0.6 is 36.4 Å². The van der Waals surface area contributed by atoms with Gasteiger partial charge < -0.3 is 15.4 Å². The fourth-order valence-electron chi connectivity index (χ4n) is 3.18. The normalized spacial score (nSPS) is 9.85. The molecule has 0 spiro atoms. The lowest BCUT2D eigenvalue weighted by atomic mass is 10.1. The first-order valence-electron chi connectivity index (χ1n) is 9.57. The summed E-state index contributed by atoms with van der Waals surface area (Å²) in [5, 5.41) is 26.9. The molecule has 0 saturated heterocycles. The molecular weight excluding hydrogens is 483 g/mol. The summed E-state index contributed by atoms with van der Waals surface area (Å²) in [7, 11) is 1.58. The molecule has 0 atom stereocenters. The first-order chi connectivity index (χ1) is 15.2. The van der Waals surface area contributed by atoms with Gasteiger partial charge in [0, 0.05) is 36.3 Å². The predicted molar refractivity (Wildman–Crippen MR) is 136 cm³/mol. The van der Waals surface area contributed by atoms with Gasteiger partial charge in [-0.2, -0.15) is 5.26 Å². The molecule has 4 aromatic rings. The number of pyridine rings is 1. The van der Waals surface area contributed by atoms with Gasteiger partial charge in [-0.25, -0.2) is 0 Å². The zero-order chi connectivity index (χ0) is 21.6. The Morgan fingerprint density at radius 3 is 2.30 bits per heavy atom. The first kappa shape index (κ1) is 25.9. The molecule has 0 saturated carbocycles. The summed E-state index contributed by atoms with van der Waals surface area (Å²) in [6, 6.07) is 17.1. The zero-order valence-electron chi connectivity index (χ0n) is 17.6. The van der Waals surface area contributed by atoms with Crippen molar-refractivity contribution in [1.29, 1.82) is 5.26 Å². The van der Waals surface area contributed by atoms with E-state index >= 15 is 0 Å². The lowest BCUT2D eigenvalue weighted by Gasteiger charge is -2.13. The molecule has 0 unspecified atom stereocenters. The van der Waals surface area contributed by atoms with E-state index in [2.05, 4.69) is 31.9 Å². The van der Waals surface area contributed by atoms with Gasteiger partial charge in [-0.15, -0.1) is 35.0 Å². The fraction of sp³-hybridized carbons (Fsp3) is 0.130. The van der Waals surface area contributed by atoms with Gasteiger partial charge in [-0.1, -0.05) is 23.7 Å². The quantitative estimate of drug-likeness (QED) is 0.337. The number of methoxy groups -OCH3 is 1. The molecule has 4 rings (SSSR count). The molecule has 0 radical (unpaired) electrons. The largest absolute Gasteiger partial charge is 0.495 e. The van der Waals surface area contributed by atoms with E-state index in [0.29, 0.717) is 41.1 Å². The molecule has 0 amide bonds. The van der Waals surface area contributed by atoms with Crippen LogP contribution in [-0.2, 0) is 13.1 Å². The van der Waals surface area contributed by atoms with Crippen molar-refractivity contribution >= 4 is 58.8 Å². The molecular formula is C23H21Cl3N6O. The molecule has 0 aliphatic rings. The number of ether oxygens (including phenoxy) is 1. The molecule has 2 N–H and O–H groups in total. The van der Waals surface area contributed by atoms with Crippen molar-refractivity contribution in [3.63, 3.8) is 0 Å². The Balaban J connectivity index is 0.00000193. The van der Waals surface area contributed by atoms with E-state index in [0.717, 1.165) is 21.9 Å². The van der Waals surface area contributed by atoms with Gasteiger partial charge in [0.05, 0.1) is 23.8 Å². The topological polar surface area (TPSA) is 95.8 Å². The van der Waals surface area contributed by atoms with Crippen molar-refractivity contribution in [3.05, 3.63) is 82.6 Å². The third-order valence-corrected chi connectivity index (χ3v) is 5.06. The summed E-state index contributed by atoms with van der Waals surface area (Å²) in [4.78, 5) is 4.13. The lowest BCUT2D eigenvalue weighted by Crippen LogP contribution is -2.07. The number of rotatable bonds is 7. The molecule has 2 aromatic carbocycles. The van der Waals surface area contributed by atoms with Crippen LogP contribution in [0.3, 0.4) is 0 Å². The average Bonchev–Trinajstić information content (AvgIpc) is 2.82. The van der Waals surface area contributed by atoms with E-state index in [1.807, 2.05) is 42.5 Å². The maximum Gasteiger partial charge on any atom is 0.157 e. The van der Waals surface area contributed by atoms with Crippen LogP contribution in [0.2, 0.25) is 5.02 Å². The van der Waals surface area contributed by atoms with Crippen LogP contribution in [-0.4, -0.2) is 22.3 Å². The van der Waals surface area contributed by atoms with Crippen LogP contribution in [0.5, 0.6) is 5.75 Å². The SMILES string of the molecule is COc1ccc(CNc2nnc(NCc3cccnc3)c3ccc(C#N)cc23)cc1Cl.Cl.Cl. The summed E-state index contributed by atoms with van der Waals surface area (Å²) < 4.78 is 5.20. The minimum atomic E-state index is 0. The Morgan fingerprint density at radius 2 is 1.67 bits per heavy atom. The highest BCUT2D eigenvalue weighted by Crippen LogP contribution is 2.29. The summed E-state index contributed by atoms with van der Waals surface area (Å²) in [6.45, 7) is 1.06. The smallest absolute Gasteiger partial charge is 0.157 e. The molecule has 7 nitrogen and oxygen atoms in total. The Morgan fingerprint density at radius 1 is 0.939 bits per heavy atom. The number of hydrogen-bond acceptors (Lipinski definition) is 7. The van der Waals surface area contributed by atoms with Crippen LogP contribution in [0.15, 0.2) is 60.9 Å². The third-order valence-electron chi connectivity index (χ3n) is 4.77. The Labute approximate surface area is 209 Å². The maximum absolute atomic E-state index is 9.34. The van der Waals surface area contributed by atoms with Gasteiger partial charge in [0.25, 0.3) is 0 Å². The van der Waals surface area contributed by atoms with Crippen molar-refractivity contribution in [2.75, 3.05) is 17.7 Å². The summed E-state index contributed by atoms with van der Waals surface area (Å²) >= 11 is 6.22. The predicted octanol–water partition coefficient (Wildman–Crippen LogP) is 5.63. The molecule has 0 aliphatic carbocycles. The van der Waals surface area contributed by atoms with Gasteiger partial charge in [0.15, 0.2) is 11.6 Å². The summed E-state index contributed by atoms with van der Waals surface area (Å²) in [5.41, 5.74) is 2.55. The Kier molecular flexibility index (Phi) is 9.49. The molecule has 0 bridgehead atoms. The van der Waals surface area contributed by atoms with Gasteiger partial charge in [0.2, 0.25) is 0 Å². The molecule has 2 heterocycles. The molecule has 10 heteroatoms. The number of aromatic nitrogens is 3. The first-order valence-corrected chi connectivity index (χ1v) is 9.95. The van der Waals surface area contributed by atoms with Crippen molar-refractivity contribution in [2.45, 2.75) is 13.1 Å². The second-order valence-electron chi connectivity index (χ2n) is 6.81. The highest BCUT2D eigenvalue weighted by Gasteiger charge is 2.11. The molecule has 33 heavy (non-hydrogen) atoms. The van der Waals surface area contributed by atoms with Gasteiger partial charge in [0.1, 0.15) is 5.75 Å². The van der Waals surface area contributed by atoms with Crippen LogP contribution in [0.1, 0.15) is 16.7 Å². The van der Waals surface area contributed by atoms with E-state index in [-0.39, 0.29) is 24.8 Å². The van der Waals surface area contributed by atoms with Gasteiger partial charge >= 0.3 is 0 Å². The van der Waals surface area contributed by atoms with E-state index in [9.17, 15) is 5.26 Å². The zero-order valence-corrected chi connectivity index (χ0v) is 20.0. The third kappa shape index (κ3) is 6.14. The van der Waals surface area contributed by atoms with Crippen molar-refractivity contribution in [3.8, 4) is 11.8 Å². The molecule has 170 valence electrons. The Hall–Kier alpha value is -3.31. The van der Waals surface area contributed by atoms with E-state index in [1.54, 1.807) is 25.6 Å². The second kappa shape index (κ2) is 12.1. The van der Waals surface area contributed by atoms with Crippen molar-refractivity contribution in [1.82, 2.24) is 15.2 Å². The van der Waals surface area contributed by atoms with Gasteiger partial charge in [-0.05, 0) is 47.5 Å². The highest BCUT2D eigenvalue weighted by atomic mass is 35.5. The minimum absolute atomic E-state index is 0. The highest BCUT2D eigenvalue weighted by molar-refractivity contribution is 6.32. The van der Waals surface area contributed by atoms with Crippen LogP contribution < -0.4 is 15.4 Å². The van der Waals surface area contributed by atoms with Crippen LogP contribution in [0.4, 0.5) is 11.6 Å². The van der Waals surface area contributed by atoms with Crippen LogP contribution in [0.25, 0.3) is 10.8 Å². The molecule has 0 aliphatic heterocycles. The molecule has 0 fully saturated rings. The number of halogens is 3. The summed E-state index contributed by atoms with van der Waals surface area (Å²) in [6.07, 6.45) is 3.53. The van der Waals surface area contributed by atoms with Crippen LogP contribution in [0, 0.1) is 11.3 Å². The fourth-order valence-corrected chi connectivity index (χ4v) is 3.46. The summed E-state index contributed by atoms with van der Waals surface area (Å²) in [5.74, 6) is 1.85. The maximum atomic E-state index is 9.34. The standard InChI is InChI=1S/C23H19ClN6O.2ClH/c1-31-21-7-5-16(10-20(21)24)13-27-23-19-9-15(11-25)4-6-18(19)22(29-30-23)28-14-17-3-2-8-26-12-17;;/h2-10,12H,13-14H2,1H3,(H,27,30)(H,28,29);2*1H. The van der Waals surface area contributed by atoms with E-state index in [4.69, 9.17) is 16.3 Å². The van der Waals surface area contributed by atoms with Crippen molar-refractivity contribution in [2.24, 2.45) is 0 Å². The van der Waals surface area contributed by atoms with E-state index < -0.39 is 0 Å². The number of nitriles is 1. The van der Waals surface area contributed by atoms with Crippen molar-refractivity contribution < 1.29 is 4.74 Å². The minimum Gasteiger partial charge on any atom is -0.495 e. The monoisotopic (exact) mass is 502 g/mol. The van der Waals surface area contributed by atoms with Gasteiger partial charge in [-0.3, -0.25) is 4.98 Å². The molecule has 2 aromatic heterocycles. The van der Waals surface area contributed by atoms with E-state index in [1.165, 1.54) is 0 Å². The number of benzene rings is 2. The second-order valence-corrected chi connectivity index (χ2v) is 7.21. The average molecular weight is 504 g/mol. The number of anilines is 2. The lowest BCUT2D eigenvalue weighted by molar-refractivity contribution is 0.415. The Bertz CT molecular complexity index is 1260. The number of nitrogens with zero attached hydrogens (tertiary/aromatic N) is 4. The number of fused-ring (bicyclic) bond motifs is 1. The number of nitrogens with one attached hydrogen (secondary N) is 2.